The second-order valence-electron chi connectivity index (χ2n) is 3.46. The van der Waals surface area contributed by atoms with Gasteiger partial charge in [0.15, 0.2) is 5.78 Å². The monoisotopic (exact) mass is 201 g/mol. The van der Waals surface area contributed by atoms with Crippen molar-refractivity contribution in [2.24, 2.45) is 0 Å². The van der Waals surface area contributed by atoms with Gasteiger partial charge in [0.05, 0.1) is 12.5 Å². The maximum absolute atomic E-state index is 11.7. The smallest absolute Gasteiger partial charge is 0.177 e. The summed E-state index contributed by atoms with van der Waals surface area (Å²) >= 11 is 0. The predicted molar refractivity (Wildman–Crippen MR) is 59.8 cm³/mol. The van der Waals surface area contributed by atoms with E-state index < -0.39 is 0 Å². The van der Waals surface area contributed by atoms with E-state index in [9.17, 15) is 4.79 Å². The van der Waals surface area contributed by atoms with Gasteiger partial charge in [0.1, 0.15) is 0 Å². The lowest BCUT2D eigenvalue weighted by atomic mass is 9.97. The molecule has 0 atom stereocenters. The summed E-state index contributed by atoms with van der Waals surface area (Å²) in [5.74, 6) is -0.0651. The van der Waals surface area contributed by atoms with Crippen LogP contribution in [0.15, 0.2) is 18.2 Å². The van der Waals surface area contributed by atoms with E-state index in [2.05, 4.69) is 6.92 Å². The zero-order chi connectivity index (χ0) is 11.3. The number of nitriles is 1. The maximum atomic E-state index is 11.7. The summed E-state index contributed by atoms with van der Waals surface area (Å²) in [4.78, 5) is 11.7. The van der Waals surface area contributed by atoms with E-state index in [0.717, 1.165) is 29.5 Å². The highest BCUT2D eigenvalue weighted by molar-refractivity contribution is 5.98. The second kappa shape index (κ2) is 5.31. The molecule has 0 aliphatic rings. The first-order valence-electron chi connectivity index (χ1n) is 5.24. The van der Waals surface area contributed by atoms with Crippen LogP contribution in [0.5, 0.6) is 0 Å². The van der Waals surface area contributed by atoms with Gasteiger partial charge in [-0.05, 0) is 30.0 Å². The second-order valence-corrected chi connectivity index (χ2v) is 3.46. The van der Waals surface area contributed by atoms with Crippen LogP contribution in [-0.2, 0) is 12.8 Å². The first-order chi connectivity index (χ1) is 7.22. The Labute approximate surface area is 90.5 Å². The van der Waals surface area contributed by atoms with Crippen molar-refractivity contribution in [3.8, 4) is 6.07 Å². The molecule has 0 fully saturated rings. The van der Waals surface area contributed by atoms with E-state index in [1.54, 1.807) is 0 Å². The third-order valence-electron chi connectivity index (χ3n) is 2.50. The highest BCUT2D eigenvalue weighted by atomic mass is 16.1. The van der Waals surface area contributed by atoms with Crippen LogP contribution in [0.2, 0.25) is 0 Å². The molecule has 0 unspecified atom stereocenters. The van der Waals surface area contributed by atoms with Crippen molar-refractivity contribution >= 4 is 5.78 Å². The largest absolute Gasteiger partial charge is 0.293 e. The lowest BCUT2D eigenvalue weighted by Gasteiger charge is -2.07. The Kier molecular flexibility index (Phi) is 4.05. The van der Waals surface area contributed by atoms with Gasteiger partial charge in [0.2, 0.25) is 0 Å². The molecule has 0 saturated carbocycles. The van der Waals surface area contributed by atoms with Crippen LogP contribution in [0.25, 0.3) is 0 Å². The van der Waals surface area contributed by atoms with E-state index in [1.165, 1.54) is 0 Å². The van der Waals surface area contributed by atoms with Gasteiger partial charge in [-0.1, -0.05) is 26.0 Å². The van der Waals surface area contributed by atoms with Crippen LogP contribution < -0.4 is 0 Å². The zero-order valence-corrected chi connectivity index (χ0v) is 9.21. The van der Waals surface area contributed by atoms with Crippen LogP contribution >= 0.6 is 0 Å². The van der Waals surface area contributed by atoms with E-state index in [0.29, 0.717) is 0 Å². The number of nitrogens with zero attached hydrogens (tertiary/aromatic N) is 1. The van der Waals surface area contributed by atoms with E-state index in [4.69, 9.17) is 5.26 Å². The predicted octanol–water partition coefficient (Wildman–Crippen LogP) is 2.91. The Hall–Kier alpha value is -1.62. The molecule has 0 bridgehead atoms. The minimum absolute atomic E-state index is 0.0276. The normalized spacial score (nSPS) is 9.67. The summed E-state index contributed by atoms with van der Waals surface area (Å²) in [5.41, 5.74) is 2.90. The average molecular weight is 201 g/mol. The van der Waals surface area contributed by atoms with Crippen LogP contribution in [0.1, 0.15) is 41.8 Å². The molecule has 0 amide bonds. The molecule has 1 aromatic rings. The zero-order valence-electron chi connectivity index (χ0n) is 9.21. The van der Waals surface area contributed by atoms with Gasteiger partial charge < -0.3 is 0 Å². The van der Waals surface area contributed by atoms with E-state index in [-0.39, 0.29) is 12.2 Å². The van der Waals surface area contributed by atoms with Crippen LogP contribution in [0, 0.1) is 11.3 Å². The molecule has 0 heterocycles. The van der Waals surface area contributed by atoms with Crippen LogP contribution in [0.4, 0.5) is 0 Å². The van der Waals surface area contributed by atoms with Crippen molar-refractivity contribution < 1.29 is 4.79 Å². The van der Waals surface area contributed by atoms with Crippen LogP contribution in [-0.4, -0.2) is 5.78 Å². The number of carbonyl (C=O) groups is 1. The minimum atomic E-state index is -0.0651. The highest BCUT2D eigenvalue weighted by Gasteiger charge is 2.10. The van der Waals surface area contributed by atoms with Gasteiger partial charge in [-0.3, -0.25) is 4.79 Å². The SMILES string of the molecule is CCc1ccc(CC)c(C(=O)CC#N)c1. The first kappa shape index (κ1) is 11.5. The average Bonchev–Trinajstić information content (AvgIpc) is 2.28. The molecule has 15 heavy (non-hydrogen) atoms. The number of carbonyl (C=O) groups excluding carboxylic acids is 1. The van der Waals surface area contributed by atoms with Crippen molar-refractivity contribution in [3.05, 3.63) is 34.9 Å². The Morgan fingerprint density at radius 2 is 2.07 bits per heavy atom. The lowest BCUT2D eigenvalue weighted by molar-refractivity contribution is 0.0997. The van der Waals surface area contributed by atoms with Gasteiger partial charge >= 0.3 is 0 Å². The fourth-order valence-electron chi connectivity index (χ4n) is 1.58. The molecule has 0 aliphatic heterocycles. The Balaban J connectivity index is 3.12. The maximum Gasteiger partial charge on any atom is 0.177 e. The molecule has 0 saturated heterocycles. The number of rotatable bonds is 4. The van der Waals surface area contributed by atoms with Gasteiger partial charge in [0.25, 0.3) is 0 Å². The van der Waals surface area contributed by atoms with Gasteiger partial charge in [0, 0.05) is 5.56 Å². The van der Waals surface area contributed by atoms with Crippen LogP contribution in [0.3, 0.4) is 0 Å². The molecule has 2 nitrogen and oxygen atoms in total. The summed E-state index contributed by atoms with van der Waals surface area (Å²) in [6.07, 6.45) is 1.72. The minimum Gasteiger partial charge on any atom is -0.293 e. The molecule has 1 rings (SSSR count). The number of aryl methyl sites for hydroxylation is 2. The molecule has 0 radical (unpaired) electrons. The molecule has 0 spiro atoms. The summed E-state index contributed by atoms with van der Waals surface area (Å²) in [6.45, 7) is 4.07. The van der Waals surface area contributed by atoms with Crippen molar-refractivity contribution in [2.75, 3.05) is 0 Å². The third-order valence-corrected chi connectivity index (χ3v) is 2.50. The molecule has 1 aromatic carbocycles. The molecular weight excluding hydrogens is 186 g/mol. The van der Waals surface area contributed by atoms with Gasteiger partial charge in [-0.25, -0.2) is 0 Å². The summed E-state index contributed by atoms with van der Waals surface area (Å²) < 4.78 is 0. The summed E-state index contributed by atoms with van der Waals surface area (Å²) in [5, 5.41) is 8.52. The Morgan fingerprint density at radius 3 is 2.60 bits per heavy atom. The number of ketones is 1. The van der Waals surface area contributed by atoms with Gasteiger partial charge in [-0.2, -0.15) is 5.26 Å². The van der Waals surface area contributed by atoms with Crippen molar-refractivity contribution in [3.63, 3.8) is 0 Å². The molecule has 0 aliphatic carbocycles. The summed E-state index contributed by atoms with van der Waals surface area (Å²) in [7, 11) is 0. The fourth-order valence-corrected chi connectivity index (χ4v) is 1.58. The first-order valence-corrected chi connectivity index (χ1v) is 5.24. The lowest BCUT2D eigenvalue weighted by Crippen LogP contribution is -2.03. The van der Waals surface area contributed by atoms with Crippen molar-refractivity contribution in [2.45, 2.75) is 33.1 Å². The topological polar surface area (TPSA) is 40.9 Å². The Morgan fingerprint density at radius 1 is 1.33 bits per heavy atom. The molecular formula is C13H15NO. The standard InChI is InChI=1S/C13H15NO/c1-3-10-5-6-11(4-2)12(9-10)13(15)7-8-14/h5-6,9H,3-4,7H2,1-2H3. The summed E-state index contributed by atoms with van der Waals surface area (Å²) in [6, 6.07) is 7.85. The van der Waals surface area contributed by atoms with E-state index in [1.807, 2.05) is 31.2 Å². The molecule has 0 aromatic heterocycles. The fraction of sp³-hybridized carbons (Fsp3) is 0.385. The third kappa shape index (κ3) is 2.66. The number of hydrogen-bond donors (Lipinski definition) is 0. The van der Waals surface area contributed by atoms with E-state index >= 15 is 0 Å². The number of benzene rings is 1. The number of hydrogen-bond acceptors (Lipinski definition) is 2. The highest BCUT2D eigenvalue weighted by Crippen LogP contribution is 2.15. The Bertz CT molecular complexity index is 401. The van der Waals surface area contributed by atoms with Crippen molar-refractivity contribution in [1.29, 1.82) is 5.26 Å². The van der Waals surface area contributed by atoms with Crippen molar-refractivity contribution in [1.82, 2.24) is 0 Å². The molecule has 2 heteroatoms. The molecule has 0 N–H and O–H groups in total. The molecule has 78 valence electrons. The quantitative estimate of drug-likeness (QED) is 0.703. The van der Waals surface area contributed by atoms with Gasteiger partial charge in [-0.15, -0.1) is 0 Å². The number of Topliss-reactive ketones (excluding diaryl/α,β-unsaturated/α-hetero) is 1.